The molecule has 1 fully saturated rings. The Bertz CT molecular complexity index is 1110. The second-order valence-corrected chi connectivity index (χ2v) is 9.37. The van der Waals surface area contributed by atoms with Crippen LogP contribution in [-0.4, -0.2) is 68.8 Å². The molecule has 0 radical (unpaired) electrons. The van der Waals surface area contributed by atoms with Crippen LogP contribution in [0.25, 0.3) is 10.8 Å². The second kappa shape index (κ2) is 11.2. The number of hydrogen-bond donors (Lipinski definition) is 1. The summed E-state index contributed by atoms with van der Waals surface area (Å²) in [7, 11) is 5.78. The number of hydrogen-bond acceptors (Lipinski definition) is 7. The summed E-state index contributed by atoms with van der Waals surface area (Å²) in [5.41, 5.74) is 9.02. The number of anilines is 2. The van der Waals surface area contributed by atoms with Crippen molar-refractivity contribution < 1.29 is 4.74 Å². The van der Waals surface area contributed by atoms with Crippen LogP contribution >= 0.6 is 11.6 Å². The van der Waals surface area contributed by atoms with Gasteiger partial charge >= 0.3 is 6.01 Å². The number of benzene rings is 2. The van der Waals surface area contributed by atoms with E-state index >= 15 is 0 Å². The number of methoxy groups -OCH3 is 1. The fraction of sp³-hybridized carbons (Fsp3) is 0.462. The van der Waals surface area contributed by atoms with Gasteiger partial charge in [0.25, 0.3) is 0 Å². The summed E-state index contributed by atoms with van der Waals surface area (Å²) in [6.07, 6.45) is 3.68. The molecule has 7 nitrogen and oxygen atoms in total. The van der Waals surface area contributed by atoms with Crippen molar-refractivity contribution in [3.8, 4) is 6.01 Å². The molecule has 8 heteroatoms. The smallest absolute Gasteiger partial charge is 0.318 e. The third-order valence-electron chi connectivity index (χ3n) is 6.53. The zero-order chi connectivity index (χ0) is 24.1. The Kier molecular flexibility index (Phi) is 8.08. The van der Waals surface area contributed by atoms with Gasteiger partial charge in [-0.2, -0.15) is 9.97 Å². The Morgan fingerprint density at radius 1 is 1.09 bits per heavy atom. The van der Waals surface area contributed by atoms with Crippen molar-refractivity contribution in [1.29, 1.82) is 0 Å². The highest BCUT2D eigenvalue weighted by atomic mass is 35.5. The lowest BCUT2D eigenvalue weighted by Gasteiger charge is -2.33. The van der Waals surface area contributed by atoms with Crippen LogP contribution in [-0.2, 0) is 13.0 Å². The summed E-state index contributed by atoms with van der Waals surface area (Å²) >= 11 is 6.54. The standard InChI is InChI=1S/C21H24ClN5O.C5H11N/c1-26(12-10-23)20-15-9-11-27(13-17(15)24-21(25-20)28-2)18-8-4-6-14-5-3-7-16(22)19(14)18;1-6-4-2-3-5-6/h3-8H,9-13,23H2,1-2H3;2-5H2,1H3. The average Bonchev–Trinajstić information content (AvgIpc) is 3.34. The van der Waals surface area contributed by atoms with Crippen LogP contribution in [0.3, 0.4) is 0 Å². The van der Waals surface area contributed by atoms with Gasteiger partial charge in [0.05, 0.1) is 24.4 Å². The molecule has 182 valence electrons. The van der Waals surface area contributed by atoms with Gasteiger partial charge in [0.15, 0.2) is 0 Å². The van der Waals surface area contributed by atoms with Crippen molar-refractivity contribution in [2.45, 2.75) is 25.8 Å². The van der Waals surface area contributed by atoms with E-state index in [4.69, 9.17) is 22.1 Å². The summed E-state index contributed by atoms with van der Waals surface area (Å²) in [5.74, 6) is 0.905. The molecular formula is C26H35ClN6O. The van der Waals surface area contributed by atoms with Gasteiger partial charge in [-0.3, -0.25) is 0 Å². The van der Waals surface area contributed by atoms with E-state index in [1.54, 1.807) is 7.11 Å². The second-order valence-electron chi connectivity index (χ2n) is 8.97. The molecule has 0 saturated carbocycles. The monoisotopic (exact) mass is 482 g/mol. The molecule has 3 heterocycles. The lowest BCUT2D eigenvalue weighted by molar-refractivity contribution is 0.376. The first-order valence-corrected chi connectivity index (χ1v) is 12.3. The summed E-state index contributed by atoms with van der Waals surface area (Å²) in [5, 5.41) is 2.98. The third kappa shape index (κ3) is 5.37. The molecule has 1 aromatic heterocycles. The number of halogens is 1. The molecule has 3 aromatic rings. The average molecular weight is 483 g/mol. The molecule has 2 aromatic carbocycles. The molecule has 0 unspecified atom stereocenters. The number of rotatable bonds is 5. The molecule has 0 atom stereocenters. The molecule has 2 N–H and O–H groups in total. The minimum absolute atomic E-state index is 0.385. The van der Waals surface area contributed by atoms with Crippen molar-refractivity contribution in [1.82, 2.24) is 14.9 Å². The molecule has 0 aliphatic carbocycles. The summed E-state index contributed by atoms with van der Waals surface area (Å²) in [6, 6.07) is 12.7. The first-order valence-electron chi connectivity index (χ1n) is 12.0. The molecule has 0 amide bonds. The van der Waals surface area contributed by atoms with Gasteiger partial charge in [-0.1, -0.05) is 35.9 Å². The zero-order valence-corrected chi connectivity index (χ0v) is 21.2. The molecule has 5 rings (SSSR count). The molecule has 0 spiro atoms. The van der Waals surface area contributed by atoms with E-state index in [9.17, 15) is 0 Å². The Balaban J connectivity index is 0.000000398. The van der Waals surface area contributed by atoms with Gasteiger partial charge in [0.1, 0.15) is 5.82 Å². The number of ether oxygens (including phenoxy) is 1. The number of fused-ring (bicyclic) bond motifs is 2. The maximum absolute atomic E-state index is 6.54. The van der Waals surface area contributed by atoms with E-state index in [1.807, 2.05) is 19.2 Å². The molecular weight excluding hydrogens is 448 g/mol. The van der Waals surface area contributed by atoms with Gasteiger partial charge in [-0.15, -0.1) is 0 Å². The summed E-state index contributed by atoms with van der Waals surface area (Å²) in [6.45, 7) is 5.49. The van der Waals surface area contributed by atoms with Crippen LogP contribution in [0.5, 0.6) is 6.01 Å². The third-order valence-corrected chi connectivity index (χ3v) is 6.85. The fourth-order valence-corrected chi connectivity index (χ4v) is 4.99. The Morgan fingerprint density at radius 3 is 2.47 bits per heavy atom. The van der Waals surface area contributed by atoms with Crippen LogP contribution in [0.1, 0.15) is 24.1 Å². The maximum atomic E-state index is 6.54. The van der Waals surface area contributed by atoms with Crippen molar-refractivity contribution in [2.75, 3.05) is 63.7 Å². The minimum Gasteiger partial charge on any atom is -0.467 e. The number of nitrogens with zero attached hydrogens (tertiary/aromatic N) is 5. The van der Waals surface area contributed by atoms with Gasteiger partial charge < -0.3 is 25.2 Å². The van der Waals surface area contributed by atoms with Crippen LogP contribution in [0.15, 0.2) is 36.4 Å². The van der Waals surface area contributed by atoms with Crippen LogP contribution in [0, 0.1) is 0 Å². The number of likely N-dealkylation sites (tertiary alicyclic amines) is 1. The molecule has 34 heavy (non-hydrogen) atoms. The Hall–Kier alpha value is -2.61. The van der Waals surface area contributed by atoms with Gasteiger partial charge in [0, 0.05) is 43.3 Å². The quantitative estimate of drug-likeness (QED) is 0.590. The Labute approximate surface area is 207 Å². The van der Waals surface area contributed by atoms with E-state index in [1.165, 1.54) is 31.5 Å². The zero-order valence-electron chi connectivity index (χ0n) is 20.4. The van der Waals surface area contributed by atoms with E-state index in [0.717, 1.165) is 52.5 Å². The van der Waals surface area contributed by atoms with Crippen molar-refractivity contribution in [2.24, 2.45) is 5.73 Å². The van der Waals surface area contributed by atoms with Crippen LogP contribution < -0.4 is 20.3 Å². The maximum Gasteiger partial charge on any atom is 0.318 e. The predicted octanol–water partition coefficient (Wildman–Crippen LogP) is 3.96. The van der Waals surface area contributed by atoms with Gasteiger partial charge in [-0.25, -0.2) is 0 Å². The molecule has 2 aliphatic rings. The summed E-state index contributed by atoms with van der Waals surface area (Å²) in [4.78, 5) is 16.0. The lowest BCUT2D eigenvalue weighted by Crippen LogP contribution is -2.34. The molecule has 0 bridgehead atoms. The Morgan fingerprint density at radius 2 is 1.82 bits per heavy atom. The fourth-order valence-electron chi connectivity index (χ4n) is 4.72. The highest BCUT2D eigenvalue weighted by Gasteiger charge is 2.25. The van der Waals surface area contributed by atoms with Crippen molar-refractivity contribution in [3.63, 3.8) is 0 Å². The van der Waals surface area contributed by atoms with Gasteiger partial charge in [0.2, 0.25) is 0 Å². The molecule has 1 saturated heterocycles. The highest BCUT2D eigenvalue weighted by molar-refractivity contribution is 6.36. The normalized spacial score (nSPS) is 15.6. The highest BCUT2D eigenvalue weighted by Crippen LogP contribution is 2.36. The van der Waals surface area contributed by atoms with Gasteiger partial charge in [-0.05, 0) is 56.9 Å². The number of aromatic nitrogens is 2. The molecule has 2 aliphatic heterocycles. The predicted molar refractivity (Wildman–Crippen MR) is 141 cm³/mol. The topological polar surface area (TPSA) is 70.8 Å². The lowest BCUT2D eigenvalue weighted by atomic mass is 10.0. The first-order chi connectivity index (χ1) is 16.5. The number of likely N-dealkylation sites (N-methyl/N-ethyl adjacent to an activating group) is 1. The van der Waals surface area contributed by atoms with E-state index in [2.05, 4.69) is 56.0 Å². The summed E-state index contributed by atoms with van der Waals surface area (Å²) < 4.78 is 5.36. The SMILES string of the molecule is CN1CCCC1.COc1nc2c(c(N(C)CCN)n1)CCN(c1cccc3cccc(Cl)c13)C2. The number of nitrogens with two attached hydrogens (primary N) is 1. The van der Waals surface area contributed by atoms with Crippen LogP contribution in [0.2, 0.25) is 5.02 Å². The van der Waals surface area contributed by atoms with Crippen LogP contribution in [0.4, 0.5) is 11.5 Å². The van der Waals surface area contributed by atoms with E-state index in [0.29, 0.717) is 19.1 Å². The van der Waals surface area contributed by atoms with E-state index < -0.39 is 0 Å². The van der Waals surface area contributed by atoms with E-state index in [-0.39, 0.29) is 0 Å². The van der Waals surface area contributed by atoms with Crippen molar-refractivity contribution in [3.05, 3.63) is 52.7 Å². The first kappa shape index (κ1) is 24.5. The van der Waals surface area contributed by atoms with Crippen molar-refractivity contribution >= 4 is 33.9 Å². The minimum atomic E-state index is 0.385. The largest absolute Gasteiger partial charge is 0.467 e.